The number of aryl methyl sites for hydroxylation is 1. The van der Waals surface area contributed by atoms with E-state index in [1.807, 2.05) is 7.11 Å². The van der Waals surface area contributed by atoms with Crippen molar-refractivity contribution >= 4 is 0 Å². The van der Waals surface area contributed by atoms with Crippen molar-refractivity contribution < 1.29 is 24.1 Å². The summed E-state index contributed by atoms with van der Waals surface area (Å²) in [5.41, 5.74) is 2.44. The van der Waals surface area contributed by atoms with Crippen LogP contribution in [0.5, 0.6) is 11.5 Å². The SMILES string of the molecule is CO[C@@]12CC[C@H](OCCO)C[C@@H]1N(Cc1cc3c(cc1C)OCO3)CC2. The van der Waals surface area contributed by atoms with Crippen LogP contribution in [0.25, 0.3) is 0 Å². The average molecular weight is 363 g/mol. The molecule has 1 aromatic rings. The van der Waals surface area contributed by atoms with Crippen LogP contribution in [0.2, 0.25) is 0 Å². The molecular formula is C20H29NO5. The highest BCUT2D eigenvalue weighted by atomic mass is 16.7. The predicted molar refractivity (Wildman–Crippen MR) is 96.5 cm³/mol. The van der Waals surface area contributed by atoms with E-state index in [-0.39, 0.29) is 18.3 Å². The van der Waals surface area contributed by atoms with Gasteiger partial charge in [0.15, 0.2) is 11.5 Å². The maximum atomic E-state index is 9.05. The number of rotatable bonds is 6. The minimum Gasteiger partial charge on any atom is -0.454 e. The van der Waals surface area contributed by atoms with E-state index in [0.29, 0.717) is 19.4 Å². The van der Waals surface area contributed by atoms with Crippen LogP contribution in [0.1, 0.15) is 36.8 Å². The van der Waals surface area contributed by atoms with Crippen LogP contribution in [0.4, 0.5) is 0 Å². The highest BCUT2D eigenvalue weighted by Gasteiger charge is 2.51. The van der Waals surface area contributed by atoms with E-state index >= 15 is 0 Å². The van der Waals surface area contributed by atoms with Crippen molar-refractivity contribution in [2.45, 2.75) is 56.9 Å². The molecule has 1 saturated carbocycles. The van der Waals surface area contributed by atoms with Gasteiger partial charge in [0.1, 0.15) is 0 Å². The van der Waals surface area contributed by atoms with Gasteiger partial charge in [-0.1, -0.05) is 0 Å². The van der Waals surface area contributed by atoms with Crippen LogP contribution in [0, 0.1) is 6.92 Å². The van der Waals surface area contributed by atoms with Gasteiger partial charge in [0.05, 0.1) is 24.9 Å². The Morgan fingerprint density at radius 3 is 2.85 bits per heavy atom. The predicted octanol–water partition coefficient (Wildman–Crippen LogP) is 2.24. The Morgan fingerprint density at radius 1 is 1.27 bits per heavy atom. The zero-order valence-electron chi connectivity index (χ0n) is 15.7. The summed E-state index contributed by atoms with van der Waals surface area (Å²) in [4.78, 5) is 2.53. The number of fused-ring (bicyclic) bond motifs is 2. The van der Waals surface area contributed by atoms with Crippen LogP contribution < -0.4 is 9.47 Å². The number of benzene rings is 1. The van der Waals surface area contributed by atoms with E-state index in [4.69, 9.17) is 24.1 Å². The summed E-state index contributed by atoms with van der Waals surface area (Å²) in [5, 5.41) is 9.05. The number of likely N-dealkylation sites (tertiary alicyclic amines) is 1. The summed E-state index contributed by atoms with van der Waals surface area (Å²) in [6.07, 6.45) is 4.23. The Hall–Kier alpha value is -1.34. The third-order valence-corrected chi connectivity index (χ3v) is 6.30. The molecule has 2 fully saturated rings. The summed E-state index contributed by atoms with van der Waals surface area (Å²) in [6, 6.07) is 4.54. The normalized spacial score (nSPS) is 30.6. The van der Waals surface area contributed by atoms with Crippen molar-refractivity contribution in [1.29, 1.82) is 0 Å². The molecule has 1 aliphatic carbocycles. The van der Waals surface area contributed by atoms with Crippen molar-refractivity contribution in [3.8, 4) is 11.5 Å². The van der Waals surface area contributed by atoms with Crippen molar-refractivity contribution in [2.24, 2.45) is 0 Å². The lowest BCUT2D eigenvalue weighted by Crippen LogP contribution is -2.51. The van der Waals surface area contributed by atoms with Crippen LogP contribution >= 0.6 is 0 Å². The fourth-order valence-electron chi connectivity index (χ4n) is 4.79. The molecule has 2 heterocycles. The molecule has 0 unspecified atom stereocenters. The Labute approximate surface area is 155 Å². The van der Waals surface area contributed by atoms with Gasteiger partial charge in [0, 0.05) is 26.2 Å². The quantitative estimate of drug-likeness (QED) is 0.837. The zero-order chi connectivity index (χ0) is 18.1. The van der Waals surface area contributed by atoms with Gasteiger partial charge in [-0.15, -0.1) is 0 Å². The lowest BCUT2D eigenvalue weighted by atomic mass is 9.79. The minimum atomic E-state index is -0.0662. The van der Waals surface area contributed by atoms with Gasteiger partial charge in [-0.2, -0.15) is 0 Å². The largest absolute Gasteiger partial charge is 0.454 e. The summed E-state index contributed by atoms with van der Waals surface area (Å²) in [6.45, 7) is 4.84. The smallest absolute Gasteiger partial charge is 0.231 e. The van der Waals surface area contributed by atoms with Crippen molar-refractivity contribution in [2.75, 3.05) is 33.7 Å². The molecule has 0 aromatic heterocycles. The monoisotopic (exact) mass is 363 g/mol. The molecule has 3 aliphatic rings. The standard InChI is InChI=1S/C20H29NO5/c1-14-9-17-18(26-13-25-17)10-15(14)12-21-6-5-20(23-2)4-3-16(11-19(20)21)24-8-7-22/h9-10,16,19,22H,3-8,11-13H2,1-2H3/t16-,19-,20+/m0/s1. The van der Waals surface area contributed by atoms with E-state index in [1.165, 1.54) is 11.1 Å². The second-order valence-corrected chi connectivity index (χ2v) is 7.63. The second-order valence-electron chi connectivity index (χ2n) is 7.63. The van der Waals surface area contributed by atoms with Gasteiger partial charge >= 0.3 is 0 Å². The number of methoxy groups -OCH3 is 1. The van der Waals surface area contributed by atoms with E-state index < -0.39 is 0 Å². The van der Waals surface area contributed by atoms with E-state index in [1.54, 1.807) is 0 Å². The molecule has 2 aliphatic heterocycles. The highest BCUT2D eigenvalue weighted by molar-refractivity contribution is 5.48. The van der Waals surface area contributed by atoms with Crippen LogP contribution in [0.15, 0.2) is 12.1 Å². The van der Waals surface area contributed by atoms with Gasteiger partial charge in [0.2, 0.25) is 6.79 Å². The Morgan fingerprint density at radius 2 is 2.08 bits per heavy atom. The molecular weight excluding hydrogens is 334 g/mol. The first kappa shape index (κ1) is 18.0. The first-order valence-corrected chi connectivity index (χ1v) is 9.56. The molecule has 4 rings (SSSR count). The molecule has 3 atom stereocenters. The van der Waals surface area contributed by atoms with Gasteiger partial charge < -0.3 is 24.1 Å². The first-order valence-electron chi connectivity index (χ1n) is 9.56. The molecule has 0 bridgehead atoms. The molecule has 0 radical (unpaired) electrons. The Bertz CT molecular complexity index is 651. The molecule has 6 heteroatoms. The molecule has 0 amide bonds. The summed E-state index contributed by atoms with van der Waals surface area (Å²) in [5.74, 6) is 1.68. The molecule has 6 nitrogen and oxygen atoms in total. The maximum Gasteiger partial charge on any atom is 0.231 e. The first-order chi connectivity index (χ1) is 12.6. The van der Waals surface area contributed by atoms with Gasteiger partial charge in [-0.25, -0.2) is 0 Å². The average Bonchev–Trinajstić information content (AvgIpc) is 3.25. The zero-order valence-corrected chi connectivity index (χ0v) is 15.7. The third kappa shape index (κ3) is 3.20. The second kappa shape index (κ2) is 7.35. The van der Waals surface area contributed by atoms with E-state index in [2.05, 4.69) is 24.0 Å². The van der Waals surface area contributed by atoms with Crippen LogP contribution in [-0.2, 0) is 16.0 Å². The van der Waals surface area contributed by atoms with Crippen LogP contribution in [0.3, 0.4) is 0 Å². The van der Waals surface area contributed by atoms with Gasteiger partial charge in [-0.05, 0) is 55.9 Å². The number of hydrogen-bond donors (Lipinski definition) is 1. The molecule has 0 spiro atoms. The van der Waals surface area contributed by atoms with Crippen LogP contribution in [-0.4, -0.2) is 61.4 Å². The molecule has 1 N–H and O–H groups in total. The molecule has 1 aromatic carbocycles. The third-order valence-electron chi connectivity index (χ3n) is 6.30. The minimum absolute atomic E-state index is 0.0662. The lowest BCUT2D eigenvalue weighted by Gasteiger charge is -2.43. The fourth-order valence-corrected chi connectivity index (χ4v) is 4.79. The number of ether oxygens (including phenoxy) is 4. The van der Waals surface area contributed by atoms with Gasteiger partial charge in [0.25, 0.3) is 0 Å². The number of nitrogens with zero attached hydrogens (tertiary/aromatic N) is 1. The Balaban J connectivity index is 1.51. The van der Waals surface area contributed by atoms with Crippen molar-refractivity contribution in [3.05, 3.63) is 23.3 Å². The highest BCUT2D eigenvalue weighted by Crippen LogP contribution is 2.44. The van der Waals surface area contributed by atoms with Gasteiger partial charge in [-0.3, -0.25) is 4.90 Å². The lowest BCUT2D eigenvalue weighted by molar-refractivity contribution is -0.104. The topological polar surface area (TPSA) is 60.4 Å². The molecule has 1 saturated heterocycles. The summed E-state index contributed by atoms with van der Waals surface area (Å²) >= 11 is 0. The Kier molecular flexibility index (Phi) is 5.10. The number of aliphatic hydroxyl groups excluding tert-OH is 1. The number of hydrogen-bond acceptors (Lipinski definition) is 6. The van der Waals surface area contributed by atoms with E-state index in [9.17, 15) is 0 Å². The molecule has 144 valence electrons. The van der Waals surface area contributed by atoms with Crippen molar-refractivity contribution in [3.63, 3.8) is 0 Å². The number of aliphatic hydroxyl groups is 1. The maximum absolute atomic E-state index is 9.05. The van der Waals surface area contributed by atoms with Crippen molar-refractivity contribution in [1.82, 2.24) is 4.90 Å². The van der Waals surface area contributed by atoms with E-state index in [0.717, 1.165) is 50.3 Å². The fraction of sp³-hybridized carbons (Fsp3) is 0.700. The molecule has 26 heavy (non-hydrogen) atoms. The summed E-state index contributed by atoms with van der Waals surface area (Å²) < 4.78 is 22.9. The summed E-state index contributed by atoms with van der Waals surface area (Å²) in [7, 11) is 1.84.